The van der Waals surface area contributed by atoms with Gasteiger partial charge in [-0.3, -0.25) is 4.79 Å². The first-order chi connectivity index (χ1) is 15.8. The van der Waals surface area contributed by atoms with Gasteiger partial charge in [0.05, 0.1) is 4.90 Å². The van der Waals surface area contributed by atoms with Crippen molar-refractivity contribution >= 4 is 21.4 Å². The number of carbonyl (C=O) groups is 1. The minimum Gasteiger partial charge on any atom is -0.414 e. The summed E-state index contributed by atoms with van der Waals surface area (Å²) >= 11 is 0. The van der Waals surface area contributed by atoms with E-state index in [-0.39, 0.29) is 10.6 Å². The topological polar surface area (TPSA) is 148 Å². The van der Waals surface area contributed by atoms with Crippen molar-refractivity contribution in [2.45, 2.75) is 18.0 Å². The fraction of sp³-hybridized carbons (Fsp3) is 0.158. The molecule has 0 saturated carbocycles. The Morgan fingerprint density at radius 1 is 1.12 bits per heavy atom. The van der Waals surface area contributed by atoms with Gasteiger partial charge in [-0.05, 0) is 30.7 Å². The predicted molar refractivity (Wildman–Crippen MR) is 106 cm³/mol. The highest BCUT2D eigenvalue weighted by Gasteiger charge is 2.38. The Bertz CT molecular complexity index is 1440. The van der Waals surface area contributed by atoms with Gasteiger partial charge in [-0.15, -0.1) is 20.4 Å². The lowest BCUT2D eigenvalue weighted by molar-refractivity contribution is -0.142. The van der Waals surface area contributed by atoms with E-state index in [9.17, 15) is 30.8 Å². The fourth-order valence-electron chi connectivity index (χ4n) is 2.68. The summed E-state index contributed by atoms with van der Waals surface area (Å²) in [6, 6.07) is 7.15. The Kier molecular flexibility index (Phi) is 6.46. The van der Waals surface area contributed by atoms with Crippen molar-refractivity contribution in [1.82, 2.24) is 20.4 Å². The molecule has 0 atom stereocenters. The first-order valence-corrected chi connectivity index (χ1v) is 10.9. The third kappa shape index (κ3) is 5.23. The second-order valence-corrected chi connectivity index (χ2v) is 8.72. The van der Waals surface area contributed by atoms with Crippen LogP contribution < -0.4 is 10.1 Å². The maximum absolute atomic E-state index is 14.2. The average Bonchev–Trinajstić information content (AvgIpc) is 2.73. The molecule has 0 unspecified atom stereocenters. The second-order valence-electron chi connectivity index (χ2n) is 6.70. The van der Waals surface area contributed by atoms with Crippen molar-refractivity contribution < 1.29 is 35.5 Å². The summed E-state index contributed by atoms with van der Waals surface area (Å²) in [7, 11) is -3.65. The van der Waals surface area contributed by atoms with Gasteiger partial charge in [0.25, 0.3) is 17.7 Å². The minimum absolute atomic E-state index is 0.0620. The number of nitriles is 1. The molecule has 0 aliphatic heterocycles. The van der Waals surface area contributed by atoms with E-state index in [1.54, 1.807) is 0 Å². The van der Waals surface area contributed by atoms with Crippen LogP contribution in [-0.2, 0) is 16.0 Å². The summed E-state index contributed by atoms with van der Waals surface area (Å²) in [4.78, 5) is 12.8. The van der Waals surface area contributed by atoms with Gasteiger partial charge in [0, 0.05) is 18.0 Å². The minimum atomic E-state index is -4.99. The SMILES string of the molecule is Cc1c(C(F)(F)F)nnc(Oc2nnc(C#N)cc2F)c1C(=O)Nc1cccc(S(C)(=O)=O)c1. The highest BCUT2D eigenvalue weighted by atomic mass is 32.2. The summed E-state index contributed by atoms with van der Waals surface area (Å²) in [5, 5.41) is 23.9. The molecular formula is C19H12F4N6O4S. The molecule has 10 nitrogen and oxygen atoms in total. The van der Waals surface area contributed by atoms with Crippen molar-refractivity contribution in [2.24, 2.45) is 0 Å². The van der Waals surface area contributed by atoms with Crippen LogP contribution in [0.15, 0.2) is 35.2 Å². The Balaban J connectivity index is 2.08. The van der Waals surface area contributed by atoms with Crippen LogP contribution in [0.2, 0.25) is 0 Å². The van der Waals surface area contributed by atoms with Gasteiger partial charge in [-0.25, -0.2) is 12.8 Å². The monoisotopic (exact) mass is 496 g/mol. The van der Waals surface area contributed by atoms with Crippen LogP contribution in [0.1, 0.15) is 27.3 Å². The standard InChI is InChI=1S/C19H12F4N6O4S/c1-9-14(16(30)25-10-4-3-5-12(6-10)34(2,31)32)18(29-27-15(9)19(21,22)23)33-17-13(20)7-11(8-24)26-28-17/h3-7H,1-2H3,(H,25,30). The van der Waals surface area contributed by atoms with Gasteiger partial charge in [0.1, 0.15) is 11.6 Å². The number of aromatic nitrogens is 4. The Hall–Kier alpha value is -4.19. The summed E-state index contributed by atoms with van der Waals surface area (Å²) in [6.45, 7) is 0.924. The quantitative estimate of drug-likeness (QED) is 0.526. The van der Waals surface area contributed by atoms with E-state index < -0.39 is 62.0 Å². The normalized spacial score (nSPS) is 11.6. The number of anilines is 1. The van der Waals surface area contributed by atoms with Crippen molar-refractivity contribution in [3.63, 3.8) is 0 Å². The lowest BCUT2D eigenvalue weighted by Gasteiger charge is -2.15. The summed E-state index contributed by atoms with van der Waals surface area (Å²) in [6.07, 6.45) is -4.06. The highest BCUT2D eigenvalue weighted by molar-refractivity contribution is 7.90. The van der Waals surface area contributed by atoms with Crippen molar-refractivity contribution in [2.75, 3.05) is 11.6 Å². The molecule has 34 heavy (non-hydrogen) atoms. The number of hydrogen-bond donors (Lipinski definition) is 1. The molecule has 0 radical (unpaired) electrons. The number of sulfone groups is 1. The van der Waals surface area contributed by atoms with Crippen LogP contribution in [0.5, 0.6) is 11.8 Å². The van der Waals surface area contributed by atoms with Crippen LogP contribution in [0, 0.1) is 24.1 Å². The molecule has 0 saturated heterocycles. The molecule has 176 valence electrons. The number of amides is 1. The number of carbonyl (C=O) groups excluding carboxylic acids is 1. The van der Waals surface area contributed by atoms with Gasteiger partial charge in [0.2, 0.25) is 0 Å². The number of hydrogen-bond acceptors (Lipinski definition) is 9. The first-order valence-electron chi connectivity index (χ1n) is 8.98. The van der Waals surface area contributed by atoms with Crippen LogP contribution in [-0.4, -0.2) is 41.0 Å². The third-order valence-electron chi connectivity index (χ3n) is 4.22. The second kappa shape index (κ2) is 8.98. The van der Waals surface area contributed by atoms with E-state index in [4.69, 9.17) is 10.00 Å². The molecule has 2 aromatic heterocycles. The fourth-order valence-corrected chi connectivity index (χ4v) is 3.35. The molecule has 1 aromatic carbocycles. The number of nitrogens with zero attached hydrogens (tertiary/aromatic N) is 5. The van der Waals surface area contributed by atoms with E-state index in [2.05, 4.69) is 25.7 Å². The van der Waals surface area contributed by atoms with Crippen molar-refractivity contribution in [3.05, 3.63) is 58.7 Å². The number of ether oxygens (including phenoxy) is 1. The Morgan fingerprint density at radius 2 is 1.79 bits per heavy atom. The molecule has 0 bridgehead atoms. The average molecular weight is 496 g/mol. The first kappa shape index (κ1) is 24.5. The van der Waals surface area contributed by atoms with Crippen LogP contribution in [0.25, 0.3) is 0 Å². The largest absolute Gasteiger partial charge is 0.435 e. The molecule has 1 N–H and O–H groups in total. The number of rotatable bonds is 5. The summed E-state index contributed by atoms with van der Waals surface area (Å²) < 4.78 is 82.8. The zero-order chi connectivity index (χ0) is 25.3. The number of alkyl halides is 3. The molecule has 2 heterocycles. The van der Waals surface area contributed by atoms with E-state index in [1.807, 2.05) is 0 Å². The van der Waals surface area contributed by atoms with E-state index in [0.29, 0.717) is 6.07 Å². The van der Waals surface area contributed by atoms with Gasteiger partial charge in [-0.1, -0.05) is 6.07 Å². The molecule has 15 heteroatoms. The third-order valence-corrected chi connectivity index (χ3v) is 5.33. The molecule has 0 spiro atoms. The van der Waals surface area contributed by atoms with E-state index >= 15 is 0 Å². The smallest absolute Gasteiger partial charge is 0.414 e. The zero-order valence-electron chi connectivity index (χ0n) is 17.2. The predicted octanol–water partition coefficient (Wildman–Crippen LogP) is 3.05. The van der Waals surface area contributed by atoms with E-state index in [0.717, 1.165) is 19.2 Å². The van der Waals surface area contributed by atoms with Crippen LogP contribution in [0.3, 0.4) is 0 Å². The van der Waals surface area contributed by atoms with Gasteiger partial charge in [-0.2, -0.15) is 18.4 Å². The molecule has 0 fully saturated rings. The molecule has 0 aliphatic carbocycles. The molecule has 1 amide bonds. The van der Waals surface area contributed by atoms with Crippen molar-refractivity contribution in [3.8, 4) is 17.8 Å². The molecular weight excluding hydrogens is 484 g/mol. The lowest BCUT2D eigenvalue weighted by atomic mass is 10.1. The summed E-state index contributed by atoms with van der Waals surface area (Å²) in [5.41, 5.74) is -3.42. The maximum atomic E-state index is 14.2. The molecule has 3 aromatic rings. The van der Waals surface area contributed by atoms with Crippen molar-refractivity contribution in [1.29, 1.82) is 5.26 Å². The number of halogens is 4. The van der Waals surface area contributed by atoms with Crippen LogP contribution >= 0.6 is 0 Å². The lowest BCUT2D eigenvalue weighted by Crippen LogP contribution is -2.21. The van der Waals surface area contributed by atoms with Gasteiger partial charge < -0.3 is 10.1 Å². The van der Waals surface area contributed by atoms with Gasteiger partial charge in [0.15, 0.2) is 27.0 Å². The Labute approximate surface area is 189 Å². The maximum Gasteiger partial charge on any atom is 0.435 e. The number of nitrogens with one attached hydrogen (secondary N) is 1. The Morgan fingerprint density at radius 3 is 2.38 bits per heavy atom. The molecule has 3 rings (SSSR count). The zero-order valence-corrected chi connectivity index (χ0v) is 18.0. The van der Waals surface area contributed by atoms with Crippen LogP contribution in [0.4, 0.5) is 23.2 Å². The molecule has 0 aliphatic rings. The summed E-state index contributed by atoms with van der Waals surface area (Å²) in [5.74, 6) is -4.08. The van der Waals surface area contributed by atoms with Gasteiger partial charge >= 0.3 is 6.18 Å². The number of benzene rings is 1. The highest BCUT2D eigenvalue weighted by Crippen LogP contribution is 2.35. The van der Waals surface area contributed by atoms with E-state index in [1.165, 1.54) is 24.3 Å².